The van der Waals surface area contributed by atoms with E-state index in [0.29, 0.717) is 0 Å². The number of rotatable bonds is 3. The van der Waals surface area contributed by atoms with Crippen LogP contribution >= 0.6 is 0 Å². The summed E-state index contributed by atoms with van der Waals surface area (Å²) >= 11 is 0. The molecule has 26 heavy (non-hydrogen) atoms. The fourth-order valence-electron chi connectivity index (χ4n) is 3.19. The van der Waals surface area contributed by atoms with E-state index >= 15 is 0 Å². The van der Waals surface area contributed by atoms with Crippen LogP contribution in [0.25, 0.3) is 28.2 Å². The molecule has 0 radical (unpaired) electrons. The monoisotopic (exact) mass is 350 g/mol. The van der Waals surface area contributed by atoms with E-state index in [1.54, 1.807) is 21.5 Å². The zero-order chi connectivity index (χ0) is 18.4. The van der Waals surface area contributed by atoms with Crippen molar-refractivity contribution < 1.29 is 4.39 Å². The van der Waals surface area contributed by atoms with E-state index in [4.69, 9.17) is 5.10 Å². The highest BCUT2D eigenvalue weighted by atomic mass is 19.1. The van der Waals surface area contributed by atoms with Gasteiger partial charge in [0.1, 0.15) is 5.82 Å². The van der Waals surface area contributed by atoms with Gasteiger partial charge in [-0.3, -0.25) is 9.36 Å². The molecule has 4 aromatic rings. The molecule has 0 unspecified atom stereocenters. The molecule has 3 aromatic heterocycles. The molecule has 6 nitrogen and oxygen atoms in total. The van der Waals surface area contributed by atoms with Crippen LogP contribution < -0.4 is 0 Å². The predicted octanol–water partition coefficient (Wildman–Crippen LogP) is 3.43. The summed E-state index contributed by atoms with van der Waals surface area (Å²) in [6.45, 7) is 3.92. The summed E-state index contributed by atoms with van der Waals surface area (Å²) in [7, 11) is 3.78. The van der Waals surface area contributed by atoms with Gasteiger partial charge in [-0.15, -0.1) is 0 Å². The molecule has 3 heterocycles. The highest BCUT2D eigenvalue weighted by Gasteiger charge is 2.18. The van der Waals surface area contributed by atoms with Crippen LogP contribution in [-0.2, 0) is 14.1 Å². The Morgan fingerprint density at radius 2 is 1.38 bits per heavy atom. The Kier molecular flexibility index (Phi) is 3.72. The largest absolute Gasteiger partial charge is 0.275 e. The van der Waals surface area contributed by atoms with Gasteiger partial charge in [0.25, 0.3) is 0 Å². The first-order valence-electron chi connectivity index (χ1n) is 8.29. The minimum Gasteiger partial charge on any atom is -0.275 e. The maximum atomic E-state index is 13.4. The average Bonchev–Trinajstić information content (AvgIpc) is 3.25. The van der Waals surface area contributed by atoms with Crippen LogP contribution in [0.5, 0.6) is 0 Å². The van der Waals surface area contributed by atoms with Gasteiger partial charge in [0.2, 0.25) is 0 Å². The molecule has 0 amide bonds. The molecule has 4 rings (SSSR count). The van der Waals surface area contributed by atoms with Crippen LogP contribution in [0, 0.1) is 19.7 Å². The molecular weight excluding hydrogens is 331 g/mol. The van der Waals surface area contributed by atoms with Crippen molar-refractivity contribution in [3.8, 4) is 28.2 Å². The van der Waals surface area contributed by atoms with E-state index in [0.717, 1.165) is 39.6 Å². The lowest BCUT2D eigenvalue weighted by Crippen LogP contribution is -1.99. The number of halogens is 1. The summed E-state index contributed by atoms with van der Waals surface area (Å²) in [5, 5.41) is 13.6. The third-order valence-corrected chi connectivity index (χ3v) is 4.36. The molecule has 0 fully saturated rings. The Labute approximate surface area is 150 Å². The van der Waals surface area contributed by atoms with Gasteiger partial charge in [0, 0.05) is 37.6 Å². The maximum absolute atomic E-state index is 13.4. The number of benzene rings is 1. The molecule has 0 aliphatic heterocycles. The molecule has 1 aromatic carbocycles. The van der Waals surface area contributed by atoms with Gasteiger partial charge in [-0.25, -0.2) is 9.07 Å². The van der Waals surface area contributed by atoms with Crippen LogP contribution in [0.15, 0.2) is 42.7 Å². The second-order valence-electron chi connectivity index (χ2n) is 6.41. The van der Waals surface area contributed by atoms with Crippen molar-refractivity contribution in [1.29, 1.82) is 0 Å². The third kappa shape index (κ3) is 2.71. The fourth-order valence-corrected chi connectivity index (χ4v) is 3.19. The first kappa shape index (κ1) is 16.3. The van der Waals surface area contributed by atoms with Gasteiger partial charge in [-0.05, 0) is 44.2 Å². The standard InChI is InChI=1S/C19H19FN6/c1-12-16(10-24(3)21-12)18-9-19(17-11-25(4)22-13(17)2)26(23-18)15-7-5-14(20)6-8-15/h5-11H,1-4H3. The second kappa shape index (κ2) is 5.94. The lowest BCUT2D eigenvalue weighted by molar-refractivity contribution is 0.627. The zero-order valence-electron chi connectivity index (χ0n) is 15.1. The first-order chi connectivity index (χ1) is 12.4. The van der Waals surface area contributed by atoms with E-state index in [2.05, 4.69) is 10.2 Å². The molecule has 7 heteroatoms. The Morgan fingerprint density at radius 1 is 0.808 bits per heavy atom. The molecule has 0 saturated carbocycles. The zero-order valence-corrected chi connectivity index (χ0v) is 15.1. The predicted molar refractivity (Wildman–Crippen MR) is 97.4 cm³/mol. The summed E-state index contributed by atoms with van der Waals surface area (Å²) in [6, 6.07) is 8.34. The summed E-state index contributed by atoms with van der Waals surface area (Å²) in [5.41, 5.74) is 6.28. The van der Waals surface area contributed by atoms with E-state index in [-0.39, 0.29) is 5.82 Å². The SMILES string of the molecule is Cc1nn(C)cc1-c1cc(-c2cn(C)nc2C)n(-c2ccc(F)cc2)n1. The highest BCUT2D eigenvalue weighted by Crippen LogP contribution is 2.31. The summed E-state index contributed by atoms with van der Waals surface area (Å²) in [4.78, 5) is 0. The quantitative estimate of drug-likeness (QED) is 0.569. The van der Waals surface area contributed by atoms with Crippen molar-refractivity contribution in [2.75, 3.05) is 0 Å². The summed E-state index contributed by atoms with van der Waals surface area (Å²) < 4.78 is 18.7. The van der Waals surface area contributed by atoms with Gasteiger partial charge in [0.15, 0.2) is 0 Å². The maximum Gasteiger partial charge on any atom is 0.123 e. The lowest BCUT2D eigenvalue weighted by atomic mass is 10.1. The number of nitrogens with zero attached hydrogens (tertiary/aromatic N) is 6. The van der Waals surface area contributed by atoms with Gasteiger partial charge in [-0.1, -0.05) is 0 Å². The Morgan fingerprint density at radius 3 is 1.92 bits per heavy atom. The smallest absolute Gasteiger partial charge is 0.123 e. The van der Waals surface area contributed by atoms with Crippen LogP contribution in [0.1, 0.15) is 11.4 Å². The first-order valence-corrected chi connectivity index (χ1v) is 8.29. The van der Waals surface area contributed by atoms with Crippen molar-refractivity contribution in [3.63, 3.8) is 0 Å². The Hall–Kier alpha value is -3.22. The van der Waals surface area contributed by atoms with Crippen molar-refractivity contribution in [2.24, 2.45) is 14.1 Å². The summed E-state index contributed by atoms with van der Waals surface area (Å²) in [5.74, 6) is -0.275. The fraction of sp³-hybridized carbons (Fsp3) is 0.211. The van der Waals surface area contributed by atoms with Crippen molar-refractivity contribution in [3.05, 3.63) is 59.9 Å². The topological polar surface area (TPSA) is 53.5 Å². The Bertz CT molecular complexity index is 1080. The molecule has 0 saturated heterocycles. The van der Waals surface area contributed by atoms with E-state index in [9.17, 15) is 4.39 Å². The molecule has 132 valence electrons. The van der Waals surface area contributed by atoms with Gasteiger partial charge < -0.3 is 0 Å². The van der Waals surface area contributed by atoms with E-state index < -0.39 is 0 Å². The second-order valence-corrected chi connectivity index (χ2v) is 6.41. The van der Waals surface area contributed by atoms with Gasteiger partial charge in [0.05, 0.1) is 28.5 Å². The van der Waals surface area contributed by atoms with Crippen LogP contribution in [0.3, 0.4) is 0 Å². The van der Waals surface area contributed by atoms with Crippen molar-refractivity contribution in [2.45, 2.75) is 13.8 Å². The number of hydrogen-bond acceptors (Lipinski definition) is 3. The number of aromatic nitrogens is 6. The van der Waals surface area contributed by atoms with Crippen LogP contribution in [-0.4, -0.2) is 29.3 Å². The number of aryl methyl sites for hydroxylation is 4. The molecule has 0 spiro atoms. The van der Waals surface area contributed by atoms with Crippen LogP contribution in [0.2, 0.25) is 0 Å². The van der Waals surface area contributed by atoms with Crippen molar-refractivity contribution >= 4 is 0 Å². The number of hydrogen-bond donors (Lipinski definition) is 0. The normalized spacial score (nSPS) is 11.3. The molecule has 0 aliphatic rings. The highest BCUT2D eigenvalue weighted by molar-refractivity contribution is 5.72. The third-order valence-electron chi connectivity index (χ3n) is 4.36. The summed E-state index contributed by atoms with van der Waals surface area (Å²) in [6.07, 6.45) is 3.92. The van der Waals surface area contributed by atoms with Gasteiger partial charge >= 0.3 is 0 Å². The molecule has 0 aliphatic carbocycles. The molecule has 0 bridgehead atoms. The minimum atomic E-state index is -0.275. The minimum absolute atomic E-state index is 0.275. The molecule has 0 N–H and O–H groups in total. The van der Waals surface area contributed by atoms with E-state index in [1.807, 2.05) is 51.1 Å². The van der Waals surface area contributed by atoms with Gasteiger partial charge in [-0.2, -0.15) is 15.3 Å². The molecular formula is C19H19FN6. The average molecular weight is 350 g/mol. The van der Waals surface area contributed by atoms with Crippen molar-refractivity contribution in [1.82, 2.24) is 29.3 Å². The lowest BCUT2D eigenvalue weighted by Gasteiger charge is -2.06. The van der Waals surface area contributed by atoms with Crippen LogP contribution in [0.4, 0.5) is 4.39 Å². The van der Waals surface area contributed by atoms with E-state index in [1.165, 1.54) is 12.1 Å². The molecule has 0 atom stereocenters. The Balaban J connectivity index is 1.94.